The van der Waals surface area contributed by atoms with Crippen molar-refractivity contribution in [3.8, 4) is 0 Å². The summed E-state index contributed by atoms with van der Waals surface area (Å²) in [5.41, 5.74) is 2.14. The van der Waals surface area contributed by atoms with Gasteiger partial charge in [0.05, 0.1) is 24.4 Å². The Morgan fingerprint density at radius 2 is 2.36 bits per heavy atom. The molecule has 76 valence electrons. The van der Waals surface area contributed by atoms with E-state index in [-0.39, 0.29) is 12.1 Å². The summed E-state index contributed by atoms with van der Waals surface area (Å²) in [5.74, 6) is 0. The van der Waals surface area contributed by atoms with E-state index in [1.165, 1.54) is 5.56 Å². The van der Waals surface area contributed by atoms with Crippen LogP contribution in [0.2, 0.25) is 5.15 Å². The predicted octanol–water partition coefficient (Wildman–Crippen LogP) is 2.09. The summed E-state index contributed by atoms with van der Waals surface area (Å²) in [5, 5.41) is 3.72. The molecule has 1 aliphatic heterocycles. The van der Waals surface area contributed by atoms with Gasteiger partial charge in [0.15, 0.2) is 0 Å². The lowest BCUT2D eigenvalue weighted by Gasteiger charge is -2.28. The smallest absolute Gasteiger partial charge is 0.129 e. The quantitative estimate of drug-likeness (QED) is 0.724. The van der Waals surface area contributed by atoms with Crippen molar-refractivity contribution in [3.05, 3.63) is 28.5 Å². The molecule has 2 rings (SSSR count). The van der Waals surface area contributed by atoms with Gasteiger partial charge in [0, 0.05) is 0 Å². The number of pyridine rings is 1. The fourth-order valence-electron chi connectivity index (χ4n) is 1.73. The van der Waals surface area contributed by atoms with E-state index in [2.05, 4.69) is 10.3 Å². The zero-order valence-corrected chi connectivity index (χ0v) is 9.01. The van der Waals surface area contributed by atoms with Gasteiger partial charge in [0.25, 0.3) is 0 Å². The number of likely N-dealkylation sites (N-methyl/N-ethyl adjacent to an activating group) is 1. The average Bonchev–Trinajstić information content (AvgIpc) is 2.19. The monoisotopic (exact) mass is 212 g/mol. The first kappa shape index (κ1) is 9.90. The molecule has 14 heavy (non-hydrogen) atoms. The van der Waals surface area contributed by atoms with E-state index in [9.17, 15) is 0 Å². The number of hydrogen-bond acceptors (Lipinski definition) is 3. The third-order valence-electron chi connectivity index (χ3n) is 2.55. The number of fused-ring (bicyclic) bond motifs is 1. The second-order valence-electron chi connectivity index (χ2n) is 3.43. The maximum Gasteiger partial charge on any atom is 0.129 e. The van der Waals surface area contributed by atoms with Crippen molar-refractivity contribution < 1.29 is 4.74 Å². The molecule has 2 atom stereocenters. The zero-order valence-electron chi connectivity index (χ0n) is 8.25. The highest BCUT2D eigenvalue weighted by atomic mass is 35.5. The van der Waals surface area contributed by atoms with Gasteiger partial charge in [-0.15, -0.1) is 0 Å². The summed E-state index contributed by atoms with van der Waals surface area (Å²) in [4.78, 5) is 4.29. The molecule has 1 aromatic rings. The lowest BCUT2D eigenvalue weighted by atomic mass is 10.0. The highest BCUT2D eigenvalue weighted by Crippen LogP contribution is 2.31. The SMILES string of the molecule is CNC1COC(C)c2nc(Cl)ccc21. The third kappa shape index (κ3) is 1.63. The van der Waals surface area contributed by atoms with Gasteiger partial charge in [-0.05, 0) is 25.6 Å². The van der Waals surface area contributed by atoms with E-state index in [4.69, 9.17) is 16.3 Å². The van der Waals surface area contributed by atoms with Gasteiger partial charge in [-0.2, -0.15) is 0 Å². The number of rotatable bonds is 1. The minimum absolute atomic E-state index is 0.0355. The maximum atomic E-state index is 5.85. The number of halogens is 1. The second-order valence-corrected chi connectivity index (χ2v) is 3.81. The number of nitrogens with zero attached hydrogens (tertiary/aromatic N) is 1. The van der Waals surface area contributed by atoms with Crippen LogP contribution >= 0.6 is 11.6 Å². The second kappa shape index (κ2) is 3.85. The molecule has 2 heterocycles. The first-order chi connectivity index (χ1) is 6.72. The molecule has 3 nitrogen and oxygen atoms in total. The Balaban J connectivity index is 2.45. The Hall–Kier alpha value is -0.640. The van der Waals surface area contributed by atoms with Gasteiger partial charge in [-0.25, -0.2) is 4.98 Å². The van der Waals surface area contributed by atoms with Crippen LogP contribution in [-0.4, -0.2) is 18.6 Å². The normalized spacial score (nSPS) is 25.9. The average molecular weight is 213 g/mol. The van der Waals surface area contributed by atoms with Crippen molar-refractivity contribution in [1.29, 1.82) is 0 Å². The van der Waals surface area contributed by atoms with Crippen LogP contribution in [0, 0.1) is 0 Å². The summed E-state index contributed by atoms with van der Waals surface area (Å²) in [6.07, 6.45) is 0.0355. The van der Waals surface area contributed by atoms with Gasteiger partial charge in [-0.1, -0.05) is 17.7 Å². The summed E-state index contributed by atoms with van der Waals surface area (Å²) in [6, 6.07) is 4.07. The maximum absolute atomic E-state index is 5.85. The molecule has 1 N–H and O–H groups in total. The fraction of sp³-hybridized carbons (Fsp3) is 0.500. The molecule has 0 aliphatic carbocycles. The van der Waals surface area contributed by atoms with Crippen LogP contribution in [0.3, 0.4) is 0 Å². The molecule has 0 amide bonds. The van der Waals surface area contributed by atoms with Crippen LogP contribution in [0.25, 0.3) is 0 Å². The van der Waals surface area contributed by atoms with Crippen LogP contribution in [0.15, 0.2) is 12.1 Å². The van der Waals surface area contributed by atoms with Crippen LogP contribution in [0.5, 0.6) is 0 Å². The molecule has 2 unspecified atom stereocenters. The molecule has 0 radical (unpaired) electrons. The van der Waals surface area contributed by atoms with Crippen molar-refractivity contribution in [3.63, 3.8) is 0 Å². The molecule has 0 fully saturated rings. The first-order valence-corrected chi connectivity index (χ1v) is 5.05. The predicted molar refractivity (Wildman–Crippen MR) is 55.4 cm³/mol. The largest absolute Gasteiger partial charge is 0.370 e. The molecule has 1 aromatic heterocycles. The molecular weight excluding hydrogens is 200 g/mol. The van der Waals surface area contributed by atoms with Crippen LogP contribution in [0.4, 0.5) is 0 Å². The van der Waals surface area contributed by atoms with Gasteiger partial charge in [0.2, 0.25) is 0 Å². The van der Waals surface area contributed by atoms with Crippen molar-refractivity contribution in [1.82, 2.24) is 10.3 Å². The Morgan fingerprint density at radius 1 is 1.57 bits per heavy atom. The number of aromatic nitrogens is 1. The number of ether oxygens (including phenoxy) is 1. The molecule has 0 saturated carbocycles. The van der Waals surface area contributed by atoms with E-state index in [0.29, 0.717) is 11.8 Å². The first-order valence-electron chi connectivity index (χ1n) is 4.67. The van der Waals surface area contributed by atoms with Crippen LogP contribution in [-0.2, 0) is 4.74 Å². The van der Waals surface area contributed by atoms with Crippen molar-refractivity contribution >= 4 is 11.6 Å². The highest BCUT2D eigenvalue weighted by molar-refractivity contribution is 6.29. The molecule has 1 aliphatic rings. The Labute approximate surface area is 88.4 Å². The van der Waals surface area contributed by atoms with Crippen molar-refractivity contribution in [2.75, 3.05) is 13.7 Å². The topological polar surface area (TPSA) is 34.1 Å². The minimum Gasteiger partial charge on any atom is -0.370 e. The van der Waals surface area contributed by atoms with Crippen molar-refractivity contribution in [2.24, 2.45) is 0 Å². The zero-order chi connectivity index (χ0) is 10.1. The van der Waals surface area contributed by atoms with E-state index in [0.717, 1.165) is 5.69 Å². The molecule has 0 spiro atoms. The van der Waals surface area contributed by atoms with Gasteiger partial charge in [-0.3, -0.25) is 0 Å². The van der Waals surface area contributed by atoms with E-state index in [1.807, 2.05) is 26.1 Å². The summed E-state index contributed by atoms with van der Waals surface area (Å²) in [6.45, 7) is 2.68. The van der Waals surface area contributed by atoms with E-state index >= 15 is 0 Å². The molecule has 0 saturated heterocycles. The minimum atomic E-state index is 0.0355. The third-order valence-corrected chi connectivity index (χ3v) is 2.76. The van der Waals surface area contributed by atoms with Gasteiger partial charge < -0.3 is 10.1 Å². The van der Waals surface area contributed by atoms with Gasteiger partial charge in [0.1, 0.15) is 5.15 Å². The Kier molecular flexibility index (Phi) is 2.72. The standard InChI is InChI=1S/C10H13ClN2O/c1-6-10-7(3-4-9(11)13-10)8(12-2)5-14-6/h3-4,6,8,12H,5H2,1-2H3. The van der Waals surface area contributed by atoms with E-state index < -0.39 is 0 Å². The molecule has 4 heteroatoms. The highest BCUT2D eigenvalue weighted by Gasteiger charge is 2.25. The summed E-state index contributed by atoms with van der Waals surface area (Å²) >= 11 is 5.85. The lowest BCUT2D eigenvalue weighted by molar-refractivity contribution is 0.0313. The van der Waals surface area contributed by atoms with Crippen LogP contribution < -0.4 is 5.32 Å². The number of hydrogen-bond donors (Lipinski definition) is 1. The van der Waals surface area contributed by atoms with Crippen molar-refractivity contribution in [2.45, 2.75) is 19.1 Å². The summed E-state index contributed by atoms with van der Waals surface area (Å²) < 4.78 is 5.58. The summed E-state index contributed by atoms with van der Waals surface area (Å²) in [7, 11) is 1.92. The van der Waals surface area contributed by atoms with Crippen LogP contribution in [0.1, 0.15) is 30.3 Å². The molecule has 0 bridgehead atoms. The number of nitrogens with one attached hydrogen (secondary N) is 1. The Morgan fingerprint density at radius 3 is 3.07 bits per heavy atom. The van der Waals surface area contributed by atoms with E-state index in [1.54, 1.807) is 0 Å². The van der Waals surface area contributed by atoms with Gasteiger partial charge >= 0.3 is 0 Å². The molecule has 0 aromatic carbocycles. The Bertz CT molecular complexity index is 343. The lowest BCUT2D eigenvalue weighted by Crippen LogP contribution is -2.29. The fourth-order valence-corrected chi connectivity index (χ4v) is 1.88. The molecular formula is C10H13ClN2O.